The number of fused-ring (bicyclic) bond motifs is 1. The lowest BCUT2D eigenvalue weighted by Gasteiger charge is -2.09. The second kappa shape index (κ2) is 5.12. The van der Waals surface area contributed by atoms with E-state index in [1.165, 1.54) is 6.07 Å². The molecule has 1 aromatic rings. The Morgan fingerprint density at radius 1 is 1.24 bits per heavy atom. The number of sulfone groups is 1. The number of nitrogens with zero attached hydrogens (tertiary/aromatic N) is 1. The molecule has 1 aliphatic rings. The lowest BCUT2D eigenvalue weighted by molar-refractivity contribution is -0.434. The molecule has 0 aromatic heterocycles. The van der Waals surface area contributed by atoms with Crippen molar-refractivity contribution in [1.29, 1.82) is 0 Å². The Hall–Kier alpha value is -1.37. The lowest BCUT2D eigenvalue weighted by atomic mass is 9.94. The molecule has 1 atom stereocenters. The molecular weight excluding hydrogens is 303 g/mol. The molecule has 0 N–H and O–H groups in total. The fourth-order valence-electron chi connectivity index (χ4n) is 2.89. The Morgan fingerprint density at radius 2 is 1.86 bits per heavy atom. The number of benzene rings is 1. The zero-order valence-electron chi connectivity index (χ0n) is 12.0. The van der Waals surface area contributed by atoms with E-state index in [2.05, 4.69) is 0 Å². The van der Waals surface area contributed by atoms with Gasteiger partial charge in [0.15, 0.2) is 5.71 Å². The first-order chi connectivity index (χ1) is 9.65. The summed E-state index contributed by atoms with van der Waals surface area (Å²) in [6, 6.07) is 3.69. The van der Waals surface area contributed by atoms with Crippen molar-refractivity contribution in [2.45, 2.75) is 43.5 Å². The summed E-state index contributed by atoms with van der Waals surface area (Å²) in [7, 11) is -5.31. The van der Waals surface area contributed by atoms with Crippen LogP contribution in [0.25, 0.3) is 0 Å². The van der Waals surface area contributed by atoms with Gasteiger partial charge in [0, 0.05) is 18.6 Å². The third kappa shape index (κ3) is 2.37. The van der Waals surface area contributed by atoms with Crippen LogP contribution in [-0.2, 0) is 9.84 Å². The van der Waals surface area contributed by atoms with Crippen LogP contribution >= 0.6 is 0 Å². The van der Waals surface area contributed by atoms with Crippen LogP contribution in [0.5, 0.6) is 0 Å². The van der Waals surface area contributed by atoms with Crippen LogP contribution in [0.2, 0.25) is 0 Å². The molecule has 116 valence electrons. The fourth-order valence-corrected chi connectivity index (χ4v) is 3.67. The largest absolute Gasteiger partial charge is 0.501 e. The zero-order valence-corrected chi connectivity index (χ0v) is 12.8. The van der Waals surface area contributed by atoms with Gasteiger partial charge in [0.05, 0.1) is 10.8 Å². The van der Waals surface area contributed by atoms with Gasteiger partial charge in [0.25, 0.3) is 9.84 Å². The van der Waals surface area contributed by atoms with Gasteiger partial charge in [-0.2, -0.15) is 17.7 Å². The summed E-state index contributed by atoms with van der Waals surface area (Å²) in [6.07, 6.45) is 0.820. The minimum absolute atomic E-state index is 0.127. The van der Waals surface area contributed by atoms with Gasteiger partial charge in [-0.15, -0.1) is 0 Å². The maximum absolute atomic E-state index is 12.7. The highest BCUT2D eigenvalue weighted by atomic mass is 32.2. The number of alkyl halides is 3. The van der Waals surface area contributed by atoms with Gasteiger partial charge in [-0.1, -0.05) is 13.0 Å². The summed E-state index contributed by atoms with van der Waals surface area (Å²) in [5.41, 5.74) is -2.79. The first-order valence-electron chi connectivity index (χ1n) is 6.71. The predicted molar refractivity (Wildman–Crippen MR) is 73.9 cm³/mol. The van der Waals surface area contributed by atoms with Crippen LogP contribution in [-0.4, -0.2) is 30.8 Å². The standard InChI is InChI=1S/C14H17F3NO2S/c1-4-11-9(3)18(5-2)13-8-10(6-7-12(11)13)21(19,20)14(15,16)17/h6-8,11H,4-5H2,1-3H3/q+1/t11-/m0/s1. The van der Waals surface area contributed by atoms with E-state index in [9.17, 15) is 21.6 Å². The van der Waals surface area contributed by atoms with Crippen LogP contribution < -0.4 is 0 Å². The SMILES string of the molecule is CC[C@H]1C(C)=[N+](CC)c2cc(S(=O)(=O)C(F)(F)F)ccc21. The molecule has 3 nitrogen and oxygen atoms in total. The van der Waals surface area contributed by atoms with Crippen LogP contribution in [0.1, 0.15) is 38.7 Å². The number of hydrogen-bond acceptors (Lipinski definition) is 2. The van der Waals surface area contributed by atoms with Crippen molar-refractivity contribution < 1.29 is 26.2 Å². The summed E-state index contributed by atoms with van der Waals surface area (Å²) in [5.74, 6) is 0.127. The minimum Gasteiger partial charge on any atom is -0.214 e. The Kier molecular flexibility index (Phi) is 3.90. The molecule has 1 aliphatic heterocycles. The molecule has 1 heterocycles. The zero-order chi connectivity index (χ0) is 16.0. The Balaban J connectivity index is 2.64. The molecule has 0 saturated carbocycles. The second-order valence-electron chi connectivity index (χ2n) is 5.02. The highest BCUT2D eigenvalue weighted by Gasteiger charge is 2.48. The molecule has 2 rings (SSSR count). The van der Waals surface area contributed by atoms with Gasteiger partial charge in [-0.3, -0.25) is 0 Å². The predicted octanol–water partition coefficient (Wildman–Crippen LogP) is 3.61. The van der Waals surface area contributed by atoms with Gasteiger partial charge >= 0.3 is 5.51 Å². The average Bonchev–Trinajstić information content (AvgIpc) is 2.67. The van der Waals surface area contributed by atoms with Crippen LogP contribution in [0.4, 0.5) is 18.9 Å². The van der Waals surface area contributed by atoms with Crippen molar-refractivity contribution in [3.63, 3.8) is 0 Å². The highest BCUT2D eigenvalue weighted by Crippen LogP contribution is 2.40. The van der Waals surface area contributed by atoms with E-state index in [4.69, 9.17) is 0 Å². The molecular formula is C14H17F3NO2S+. The molecule has 0 aliphatic carbocycles. The first-order valence-corrected chi connectivity index (χ1v) is 8.19. The molecule has 0 radical (unpaired) electrons. The Labute approximate surface area is 122 Å². The summed E-state index contributed by atoms with van der Waals surface area (Å²) in [4.78, 5) is -0.697. The quantitative estimate of drug-likeness (QED) is 0.798. The number of rotatable bonds is 3. The van der Waals surface area contributed by atoms with E-state index in [0.717, 1.165) is 29.8 Å². The molecule has 7 heteroatoms. The molecule has 0 amide bonds. The summed E-state index contributed by atoms with van der Waals surface area (Å²) in [6.45, 7) is 6.40. The van der Waals surface area contributed by atoms with Gasteiger partial charge in [0.2, 0.25) is 5.69 Å². The van der Waals surface area contributed by atoms with Crippen molar-refractivity contribution in [3.8, 4) is 0 Å². The van der Waals surface area contributed by atoms with E-state index in [0.29, 0.717) is 12.2 Å². The van der Waals surface area contributed by atoms with E-state index < -0.39 is 20.2 Å². The second-order valence-corrected chi connectivity index (χ2v) is 6.96. The maximum Gasteiger partial charge on any atom is 0.501 e. The van der Waals surface area contributed by atoms with E-state index in [1.54, 1.807) is 0 Å². The Bertz CT molecular complexity index is 705. The molecule has 0 saturated heterocycles. The molecule has 0 fully saturated rings. The van der Waals surface area contributed by atoms with Crippen molar-refractivity contribution >= 4 is 21.2 Å². The summed E-state index contributed by atoms with van der Waals surface area (Å²) < 4.78 is 62.9. The fraction of sp³-hybridized carbons (Fsp3) is 0.500. The maximum atomic E-state index is 12.7. The van der Waals surface area contributed by atoms with Crippen LogP contribution in [0.3, 0.4) is 0 Å². The summed E-state index contributed by atoms with van der Waals surface area (Å²) in [5, 5.41) is 0. The third-order valence-electron chi connectivity index (χ3n) is 3.94. The topological polar surface area (TPSA) is 37.1 Å². The lowest BCUT2D eigenvalue weighted by Crippen LogP contribution is -2.23. The van der Waals surface area contributed by atoms with Crippen LogP contribution in [0, 0.1) is 0 Å². The van der Waals surface area contributed by atoms with Gasteiger partial charge in [-0.25, -0.2) is 8.42 Å². The average molecular weight is 320 g/mol. The number of hydrogen-bond donors (Lipinski definition) is 0. The molecule has 0 bridgehead atoms. The monoisotopic (exact) mass is 320 g/mol. The van der Waals surface area contributed by atoms with Gasteiger partial charge in [-0.05, 0) is 19.4 Å². The van der Waals surface area contributed by atoms with E-state index >= 15 is 0 Å². The summed E-state index contributed by atoms with van der Waals surface area (Å²) >= 11 is 0. The molecule has 0 spiro atoms. The van der Waals surface area contributed by atoms with E-state index in [-0.39, 0.29) is 5.92 Å². The van der Waals surface area contributed by atoms with Gasteiger partial charge in [0.1, 0.15) is 6.54 Å². The van der Waals surface area contributed by atoms with Gasteiger partial charge < -0.3 is 0 Å². The van der Waals surface area contributed by atoms with Crippen molar-refractivity contribution in [3.05, 3.63) is 23.8 Å². The first kappa shape index (κ1) is 16.0. The molecule has 0 unspecified atom stereocenters. The smallest absolute Gasteiger partial charge is 0.214 e. The van der Waals surface area contributed by atoms with Crippen LogP contribution in [0.15, 0.2) is 23.1 Å². The molecule has 1 aromatic carbocycles. The van der Waals surface area contributed by atoms with Crippen molar-refractivity contribution in [2.24, 2.45) is 0 Å². The number of halogens is 3. The Morgan fingerprint density at radius 3 is 2.33 bits per heavy atom. The molecule has 21 heavy (non-hydrogen) atoms. The normalized spacial score (nSPS) is 19.0. The van der Waals surface area contributed by atoms with Crippen molar-refractivity contribution in [2.75, 3.05) is 6.54 Å². The van der Waals surface area contributed by atoms with E-state index in [1.807, 2.05) is 25.3 Å². The van der Waals surface area contributed by atoms with Crippen molar-refractivity contribution in [1.82, 2.24) is 0 Å². The third-order valence-corrected chi connectivity index (χ3v) is 5.42. The minimum atomic E-state index is -5.31. The highest BCUT2D eigenvalue weighted by molar-refractivity contribution is 7.92.